The van der Waals surface area contributed by atoms with Crippen LogP contribution in [0.25, 0.3) is 0 Å². The molecule has 4 N–H and O–H groups in total. The van der Waals surface area contributed by atoms with E-state index in [1.165, 1.54) is 0 Å². The number of aromatic nitrogens is 3. The average Bonchev–Trinajstić information content (AvgIpc) is 2.89. The summed E-state index contributed by atoms with van der Waals surface area (Å²) in [6.45, 7) is 5.26. The van der Waals surface area contributed by atoms with Crippen LogP contribution in [0.2, 0.25) is 0 Å². The first-order valence-electron chi connectivity index (χ1n) is 11.8. The van der Waals surface area contributed by atoms with E-state index >= 15 is 0 Å². The molecule has 12 heteroatoms. The highest BCUT2D eigenvalue weighted by Crippen LogP contribution is 2.22. The summed E-state index contributed by atoms with van der Waals surface area (Å²) in [7, 11) is 0. The summed E-state index contributed by atoms with van der Waals surface area (Å²) in [5, 5.41) is 14.2. The molecule has 0 spiro atoms. The molecule has 1 aromatic carbocycles. The first-order chi connectivity index (χ1) is 16.9. The van der Waals surface area contributed by atoms with Gasteiger partial charge in [0.1, 0.15) is 0 Å². The summed E-state index contributed by atoms with van der Waals surface area (Å²) < 4.78 is 5.30. The fourth-order valence-electron chi connectivity index (χ4n) is 4.09. The summed E-state index contributed by atoms with van der Waals surface area (Å²) in [4.78, 5) is 44.6. The lowest BCUT2D eigenvalue weighted by Gasteiger charge is -2.33. The van der Waals surface area contributed by atoms with E-state index in [4.69, 9.17) is 10.5 Å². The molecule has 12 nitrogen and oxygen atoms in total. The molecule has 2 aliphatic rings. The van der Waals surface area contributed by atoms with Crippen LogP contribution in [0, 0.1) is 0 Å². The van der Waals surface area contributed by atoms with Crippen LogP contribution < -0.4 is 21.3 Å². The van der Waals surface area contributed by atoms with E-state index < -0.39 is 5.91 Å². The van der Waals surface area contributed by atoms with Crippen molar-refractivity contribution >= 4 is 35.2 Å². The molecule has 3 heterocycles. The Morgan fingerprint density at radius 3 is 2.54 bits per heavy atom. The van der Waals surface area contributed by atoms with Crippen molar-refractivity contribution in [2.75, 3.05) is 49.6 Å². The van der Waals surface area contributed by atoms with Crippen LogP contribution in [-0.2, 0) is 9.53 Å². The van der Waals surface area contributed by atoms with Crippen LogP contribution in [0.3, 0.4) is 0 Å². The van der Waals surface area contributed by atoms with Gasteiger partial charge in [-0.05, 0) is 37.1 Å². The maximum absolute atomic E-state index is 12.7. The first-order valence-corrected chi connectivity index (χ1v) is 11.8. The molecule has 0 radical (unpaired) electrons. The first kappa shape index (κ1) is 24.3. The maximum Gasteiger partial charge on any atom is 0.273 e. The molecule has 2 aromatic rings. The number of carbonyl (C=O) groups is 3. The summed E-state index contributed by atoms with van der Waals surface area (Å²) in [5.41, 5.74) is 6.58. The van der Waals surface area contributed by atoms with Gasteiger partial charge >= 0.3 is 0 Å². The highest BCUT2D eigenvalue weighted by Gasteiger charge is 2.25. The Hall–Kier alpha value is -3.80. The predicted octanol–water partition coefficient (Wildman–Crippen LogP) is 0.682. The third-order valence-corrected chi connectivity index (χ3v) is 5.99. The van der Waals surface area contributed by atoms with Crippen LogP contribution in [0.4, 0.5) is 17.5 Å². The Balaban J connectivity index is 1.49. The van der Waals surface area contributed by atoms with Crippen molar-refractivity contribution in [3.8, 4) is 0 Å². The standard InChI is InChI=1S/C23H30N8O4/c1-2-18(32)25-17-4-3-9-31(14-17)23-27-21(19(20(24)33)28-29-23)26-16-7-5-15(6-8-16)22(34)30-10-12-35-13-11-30/h5-8,17H,2-4,9-14H2,1H3,(H2,24,33)(H,25,32)(H,26,27,29). The van der Waals surface area contributed by atoms with Gasteiger partial charge < -0.3 is 30.9 Å². The lowest BCUT2D eigenvalue weighted by atomic mass is 10.1. The number of ether oxygens (including phenoxy) is 1. The summed E-state index contributed by atoms with van der Waals surface area (Å²) >= 11 is 0. The van der Waals surface area contributed by atoms with Gasteiger partial charge in [0, 0.05) is 49.9 Å². The maximum atomic E-state index is 12.7. The second-order valence-electron chi connectivity index (χ2n) is 8.49. The van der Waals surface area contributed by atoms with Crippen molar-refractivity contribution in [3.63, 3.8) is 0 Å². The molecule has 186 valence electrons. The van der Waals surface area contributed by atoms with Crippen molar-refractivity contribution in [2.24, 2.45) is 5.73 Å². The number of piperidine rings is 1. The number of morpholine rings is 1. The van der Waals surface area contributed by atoms with Crippen LogP contribution in [0.1, 0.15) is 47.0 Å². The number of carbonyl (C=O) groups excluding carboxylic acids is 3. The van der Waals surface area contributed by atoms with Crippen molar-refractivity contribution in [1.82, 2.24) is 25.4 Å². The van der Waals surface area contributed by atoms with E-state index in [1.807, 2.05) is 11.8 Å². The molecule has 2 aliphatic heterocycles. The number of benzene rings is 1. The quantitative estimate of drug-likeness (QED) is 0.516. The van der Waals surface area contributed by atoms with Gasteiger partial charge in [-0.2, -0.15) is 4.98 Å². The Labute approximate surface area is 203 Å². The monoisotopic (exact) mass is 482 g/mol. The van der Waals surface area contributed by atoms with Gasteiger partial charge in [0.05, 0.1) is 13.2 Å². The molecule has 0 bridgehead atoms. The van der Waals surface area contributed by atoms with Crippen molar-refractivity contribution < 1.29 is 19.1 Å². The number of hydrogen-bond donors (Lipinski definition) is 3. The lowest BCUT2D eigenvalue weighted by molar-refractivity contribution is -0.121. The number of anilines is 3. The molecule has 2 saturated heterocycles. The van der Waals surface area contributed by atoms with E-state index in [9.17, 15) is 14.4 Å². The van der Waals surface area contributed by atoms with Gasteiger partial charge in [0.2, 0.25) is 11.9 Å². The molecular formula is C23H30N8O4. The number of nitrogens with zero attached hydrogens (tertiary/aromatic N) is 5. The topological polar surface area (TPSA) is 156 Å². The second kappa shape index (κ2) is 11.1. The normalized spacial score (nSPS) is 18.1. The van der Waals surface area contributed by atoms with Crippen LogP contribution in [0.5, 0.6) is 0 Å². The third-order valence-electron chi connectivity index (χ3n) is 5.99. The van der Waals surface area contributed by atoms with Gasteiger partial charge in [-0.1, -0.05) is 6.92 Å². The fraction of sp³-hybridized carbons (Fsp3) is 0.478. The van der Waals surface area contributed by atoms with Gasteiger partial charge in [-0.3, -0.25) is 14.4 Å². The van der Waals surface area contributed by atoms with Crippen molar-refractivity contribution in [1.29, 1.82) is 0 Å². The minimum atomic E-state index is -0.759. The summed E-state index contributed by atoms with van der Waals surface area (Å²) in [6, 6.07) is 6.88. The van der Waals surface area contributed by atoms with Crippen molar-refractivity contribution in [3.05, 3.63) is 35.5 Å². The smallest absolute Gasteiger partial charge is 0.273 e. The van der Waals surface area contributed by atoms with Crippen molar-refractivity contribution in [2.45, 2.75) is 32.2 Å². The number of hydrogen-bond acceptors (Lipinski definition) is 9. The van der Waals surface area contributed by atoms with E-state index in [0.29, 0.717) is 63.0 Å². The molecule has 1 unspecified atom stereocenters. The second-order valence-corrected chi connectivity index (χ2v) is 8.49. The zero-order chi connectivity index (χ0) is 24.8. The number of rotatable bonds is 7. The molecule has 1 atom stereocenters. The number of amides is 3. The SMILES string of the molecule is CCC(=O)NC1CCCN(c2nnc(C(N)=O)c(Nc3ccc(C(=O)N4CCOCC4)cc3)n2)C1. The molecular weight excluding hydrogens is 452 g/mol. The molecule has 35 heavy (non-hydrogen) atoms. The van der Waals surface area contributed by atoms with E-state index in [2.05, 4.69) is 25.8 Å². The minimum absolute atomic E-state index is 0.00197. The Morgan fingerprint density at radius 2 is 1.86 bits per heavy atom. The highest BCUT2D eigenvalue weighted by atomic mass is 16.5. The molecule has 1 aromatic heterocycles. The van der Waals surface area contributed by atoms with Gasteiger partial charge in [0.15, 0.2) is 11.5 Å². The minimum Gasteiger partial charge on any atom is -0.378 e. The van der Waals surface area contributed by atoms with Crippen LogP contribution >= 0.6 is 0 Å². The predicted molar refractivity (Wildman–Crippen MR) is 128 cm³/mol. The number of nitrogens with two attached hydrogens (primary N) is 1. The molecule has 3 amide bonds. The highest BCUT2D eigenvalue weighted by molar-refractivity contribution is 5.97. The van der Waals surface area contributed by atoms with E-state index in [0.717, 1.165) is 12.8 Å². The Kier molecular flexibility index (Phi) is 7.70. The molecule has 4 rings (SSSR count). The molecule has 0 aliphatic carbocycles. The van der Waals surface area contributed by atoms with Gasteiger partial charge in [-0.25, -0.2) is 0 Å². The fourth-order valence-corrected chi connectivity index (χ4v) is 4.09. The average molecular weight is 483 g/mol. The zero-order valence-corrected chi connectivity index (χ0v) is 19.7. The number of primary amides is 1. The summed E-state index contributed by atoms with van der Waals surface area (Å²) in [6.07, 6.45) is 2.15. The zero-order valence-electron chi connectivity index (χ0n) is 19.7. The van der Waals surface area contributed by atoms with Gasteiger partial charge in [0.25, 0.3) is 11.8 Å². The lowest BCUT2D eigenvalue weighted by Crippen LogP contribution is -2.48. The Morgan fingerprint density at radius 1 is 1.11 bits per heavy atom. The van der Waals surface area contributed by atoms with E-state index in [1.54, 1.807) is 29.2 Å². The van der Waals surface area contributed by atoms with Crippen LogP contribution in [0.15, 0.2) is 24.3 Å². The molecule has 2 fully saturated rings. The van der Waals surface area contributed by atoms with Gasteiger partial charge in [-0.15, -0.1) is 10.2 Å². The summed E-state index contributed by atoms with van der Waals surface area (Å²) in [5.74, 6) is -0.303. The largest absolute Gasteiger partial charge is 0.378 e. The third kappa shape index (κ3) is 6.01. The van der Waals surface area contributed by atoms with E-state index in [-0.39, 0.29) is 29.4 Å². The number of nitrogens with one attached hydrogen (secondary N) is 2. The van der Waals surface area contributed by atoms with Crippen LogP contribution in [-0.4, -0.2) is 83.2 Å². The Bertz CT molecular complexity index is 1070. The molecule has 0 saturated carbocycles.